The van der Waals surface area contributed by atoms with Crippen LogP contribution in [0.25, 0.3) is 0 Å². The first-order chi connectivity index (χ1) is 9.40. The molecule has 0 unspecified atom stereocenters. The quantitative estimate of drug-likeness (QED) is 0.760. The Morgan fingerprint density at radius 2 is 1.68 bits per heavy atom. The van der Waals surface area contributed by atoms with Gasteiger partial charge in [0.1, 0.15) is 0 Å². The summed E-state index contributed by atoms with van der Waals surface area (Å²) in [6.07, 6.45) is 2.57. The minimum atomic E-state index is -0.127. The fourth-order valence-corrected chi connectivity index (χ4v) is 1.87. The predicted octanol–water partition coefficient (Wildman–Crippen LogP) is 3.01. The summed E-state index contributed by atoms with van der Waals surface area (Å²) in [4.78, 5) is 0. The molecule has 4 heteroatoms. The number of hydrogen-bond acceptors (Lipinski definition) is 4. The monoisotopic (exact) mass is 266 g/mol. The van der Waals surface area contributed by atoms with Crippen LogP contribution in [-0.2, 0) is 9.47 Å². The van der Waals surface area contributed by atoms with Crippen molar-refractivity contribution in [3.63, 3.8) is 0 Å². The third-order valence-electron chi connectivity index (χ3n) is 2.82. The third-order valence-corrected chi connectivity index (χ3v) is 2.82. The highest BCUT2D eigenvalue weighted by molar-refractivity contribution is 5.39. The Morgan fingerprint density at radius 1 is 1.05 bits per heavy atom. The van der Waals surface area contributed by atoms with Gasteiger partial charge in [-0.25, -0.2) is 0 Å². The Morgan fingerprint density at radius 3 is 2.32 bits per heavy atom. The minimum Gasteiger partial charge on any atom is -0.490 e. The molecule has 1 fully saturated rings. The summed E-state index contributed by atoms with van der Waals surface area (Å²) in [6, 6.07) is 7.75. The number of para-hydroxylation sites is 2. The summed E-state index contributed by atoms with van der Waals surface area (Å²) in [5.74, 6) is 1.58. The molecule has 0 amide bonds. The summed E-state index contributed by atoms with van der Waals surface area (Å²) in [5.41, 5.74) is 0. The zero-order valence-corrected chi connectivity index (χ0v) is 11.5. The van der Waals surface area contributed by atoms with E-state index in [1.165, 1.54) is 0 Å². The molecule has 0 aliphatic carbocycles. The molecule has 1 aromatic carbocycles. The van der Waals surface area contributed by atoms with Crippen molar-refractivity contribution in [3.8, 4) is 11.5 Å². The molecule has 0 atom stereocenters. The van der Waals surface area contributed by atoms with E-state index in [0.29, 0.717) is 13.2 Å². The molecule has 1 aromatic rings. The molecule has 1 aliphatic heterocycles. The van der Waals surface area contributed by atoms with Gasteiger partial charge in [0.15, 0.2) is 17.8 Å². The van der Waals surface area contributed by atoms with Gasteiger partial charge < -0.3 is 18.9 Å². The molecule has 0 bridgehead atoms. The summed E-state index contributed by atoms with van der Waals surface area (Å²) >= 11 is 0. The van der Waals surface area contributed by atoms with Crippen LogP contribution in [0.3, 0.4) is 0 Å². The Hall–Kier alpha value is -1.26. The van der Waals surface area contributed by atoms with Gasteiger partial charge in [-0.1, -0.05) is 19.1 Å². The van der Waals surface area contributed by atoms with Crippen molar-refractivity contribution in [2.45, 2.75) is 32.5 Å². The summed E-state index contributed by atoms with van der Waals surface area (Å²) in [7, 11) is 0. The van der Waals surface area contributed by atoms with Crippen molar-refractivity contribution in [3.05, 3.63) is 24.3 Å². The van der Waals surface area contributed by atoms with Crippen molar-refractivity contribution < 1.29 is 18.9 Å². The smallest absolute Gasteiger partial charge is 0.161 e. The van der Waals surface area contributed by atoms with E-state index in [1.807, 2.05) is 24.3 Å². The summed E-state index contributed by atoms with van der Waals surface area (Å²) in [6.45, 7) is 4.91. The number of ether oxygens (including phenoxy) is 4. The van der Waals surface area contributed by atoms with Crippen LogP contribution in [0.15, 0.2) is 24.3 Å². The van der Waals surface area contributed by atoms with E-state index in [-0.39, 0.29) is 6.29 Å². The molecule has 0 saturated carbocycles. The van der Waals surface area contributed by atoms with Gasteiger partial charge in [0, 0.05) is 6.42 Å². The molecule has 1 aliphatic rings. The van der Waals surface area contributed by atoms with E-state index in [2.05, 4.69) is 6.92 Å². The van der Waals surface area contributed by atoms with Crippen LogP contribution in [0, 0.1) is 0 Å². The predicted molar refractivity (Wildman–Crippen MR) is 72.6 cm³/mol. The van der Waals surface area contributed by atoms with E-state index >= 15 is 0 Å². The van der Waals surface area contributed by atoms with Gasteiger partial charge in [-0.15, -0.1) is 0 Å². The van der Waals surface area contributed by atoms with Crippen LogP contribution in [-0.4, -0.2) is 32.7 Å². The maximum Gasteiger partial charge on any atom is 0.161 e. The molecular weight excluding hydrogens is 244 g/mol. The molecule has 1 saturated heterocycles. The lowest BCUT2D eigenvalue weighted by atomic mass is 10.3. The maximum absolute atomic E-state index is 5.75. The highest BCUT2D eigenvalue weighted by Gasteiger charge is 2.14. The molecule has 0 N–H and O–H groups in total. The van der Waals surface area contributed by atoms with E-state index in [0.717, 1.165) is 44.0 Å². The van der Waals surface area contributed by atoms with Crippen molar-refractivity contribution >= 4 is 0 Å². The Balaban J connectivity index is 1.77. The van der Waals surface area contributed by atoms with Crippen LogP contribution < -0.4 is 9.47 Å². The molecule has 0 spiro atoms. The van der Waals surface area contributed by atoms with Gasteiger partial charge in [0.2, 0.25) is 0 Å². The number of rotatable bonds is 7. The summed E-state index contributed by atoms with van der Waals surface area (Å²) < 4.78 is 22.3. The second-order valence-electron chi connectivity index (χ2n) is 4.46. The first-order valence-corrected chi connectivity index (χ1v) is 6.98. The average molecular weight is 266 g/mol. The Kier molecular flexibility index (Phi) is 5.98. The van der Waals surface area contributed by atoms with E-state index in [4.69, 9.17) is 18.9 Å². The topological polar surface area (TPSA) is 36.9 Å². The highest BCUT2D eigenvalue weighted by atomic mass is 16.7. The third kappa shape index (κ3) is 4.73. The number of benzene rings is 1. The van der Waals surface area contributed by atoms with E-state index in [9.17, 15) is 0 Å². The minimum absolute atomic E-state index is 0.127. The fraction of sp³-hybridized carbons (Fsp3) is 0.600. The van der Waals surface area contributed by atoms with Gasteiger partial charge in [0.25, 0.3) is 0 Å². The van der Waals surface area contributed by atoms with Gasteiger partial charge in [-0.2, -0.15) is 0 Å². The van der Waals surface area contributed by atoms with Gasteiger partial charge in [-0.05, 0) is 25.0 Å². The van der Waals surface area contributed by atoms with Crippen LogP contribution >= 0.6 is 0 Å². The molecule has 4 nitrogen and oxygen atoms in total. The van der Waals surface area contributed by atoms with Crippen LogP contribution in [0.2, 0.25) is 0 Å². The largest absolute Gasteiger partial charge is 0.490 e. The van der Waals surface area contributed by atoms with Crippen molar-refractivity contribution in [2.24, 2.45) is 0 Å². The van der Waals surface area contributed by atoms with Crippen LogP contribution in [0.1, 0.15) is 26.2 Å². The number of hydrogen-bond donors (Lipinski definition) is 0. The maximum atomic E-state index is 5.75. The highest BCUT2D eigenvalue weighted by Crippen LogP contribution is 2.26. The van der Waals surface area contributed by atoms with Crippen molar-refractivity contribution in [2.75, 3.05) is 26.4 Å². The zero-order chi connectivity index (χ0) is 13.3. The second kappa shape index (κ2) is 8.02. The lowest BCUT2D eigenvalue weighted by Gasteiger charge is -2.23. The van der Waals surface area contributed by atoms with Crippen LogP contribution in [0.4, 0.5) is 0 Å². The lowest BCUT2D eigenvalue weighted by Crippen LogP contribution is -2.26. The summed E-state index contributed by atoms with van der Waals surface area (Å²) in [5, 5.41) is 0. The first kappa shape index (κ1) is 14.2. The molecule has 106 valence electrons. The average Bonchev–Trinajstić information content (AvgIpc) is 2.47. The van der Waals surface area contributed by atoms with Crippen LogP contribution in [0.5, 0.6) is 11.5 Å². The standard InChI is InChI=1S/C15H22O4/c1-2-9-16-13-6-3-4-7-14(13)17-12-8-15-18-10-5-11-19-15/h3-4,6-7,15H,2,5,8-12H2,1H3. The molecule has 1 heterocycles. The first-order valence-electron chi connectivity index (χ1n) is 6.98. The van der Waals surface area contributed by atoms with Gasteiger partial charge >= 0.3 is 0 Å². The molecule has 0 radical (unpaired) electrons. The molecule has 0 aromatic heterocycles. The zero-order valence-electron chi connectivity index (χ0n) is 11.5. The van der Waals surface area contributed by atoms with E-state index < -0.39 is 0 Å². The van der Waals surface area contributed by atoms with E-state index in [1.54, 1.807) is 0 Å². The Bertz CT molecular complexity index is 361. The second-order valence-corrected chi connectivity index (χ2v) is 4.46. The normalized spacial score (nSPS) is 16.3. The molecular formula is C15H22O4. The van der Waals surface area contributed by atoms with Gasteiger partial charge in [0.05, 0.1) is 26.4 Å². The fourth-order valence-electron chi connectivity index (χ4n) is 1.87. The van der Waals surface area contributed by atoms with Crippen molar-refractivity contribution in [1.29, 1.82) is 0 Å². The molecule has 19 heavy (non-hydrogen) atoms. The lowest BCUT2D eigenvalue weighted by molar-refractivity contribution is -0.183. The SMILES string of the molecule is CCCOc1ccccc1OCCC1OCCCO1. The van der Waals surface area contributed by atoms with Crippen molar-refractivity contribution in [1.82, 2.24) is 0 Å². The Labute approximate surface area is 114 Å². The van der Waals surface area contributed by atoms with Gasteiger partial charge in [-0.3, -0.25) is 0 Å². The molecule has 2 rings (SSSR count).